The van der Waals surface area contributed by atoms with Gasteiger partial charge in [-0.2, -0.15) is 4.98 Å². The fourth-order valence-electron chi connectivity index (χ4n) is 2.40. The van der Waals surface area contributed by atoms with Gasteiger partial charge in [-0.15, -0.1) is 0 Å². The minimum absolute atomic E-state index is 0.249. The van der Waals surface area contributed by atoms with E-state index in [1.807, 2.05) is 0 Å². The van der Waals surface area contributed by atoms with Gasteiger partial charge in [-0.3, -0.25) is 0 Å². The van der Waals surface area contributed by atoms with Crippen LogP contribution in [0.15, 0.2) is 4.52 Å². The summed E-state index contributed by atoms with van der Waals surface area (Å²) in [6.45, 7) is 6.54. The average Bonchev–Trinajstić information content (AvgIpc) is 2.78. The molecule has 1 saturated heterocycles. The number of hydrogen-bond acceptors (Lipinski definition) is 5. The first-order valence-electron chi connectivity index (χ1n) is 6.36. The van der Waals surface area contributed by atoms with Crippen molar-refractivity contribution in [1.82, 2.24) is 15.0 Å². The Kier molecular flexibility index (Phi) is 3.96. The maximum Gasteiger partial charge on any atom is 0.377 e. The Hall–Kier alpha value is -1.43. The minimum atomic E-state index is -1.14. The van der Waals surface area contributed by atoms with E-state index in [9.17, 15) is 4.79 Å². The first-order chi connectivity index (χ1) is 8.56. The van der Waals surface area contributed by atoms with Crippen LogP contribution in [0, 0.1) is 5.92 Å². The maximum atomic E-state index is 10.7. The lowest BCUT2D eigenvalue weighted by atomic mass is 9.94. The molecule has 6 heteroatoms. The first-order valence-corrected chi connectivity index (χ1v) is 6.36. The molecule has 0 saturated carbocycles. The number of piperidine rings is 1. The highest BCUT2D eigenvalue weighted by molar-refractivity contribution is 5.82. The Morgan fingerprint density at radius 2 is 2.39 bits per heavy atom. The van der Waals surface area contributed by atoms with Crippen molar-refractivity contribution in [3.63, 3.8) is 0 Å². The molecule has 0 aromatic carbocycles. The second-order valence-electron chi connectivity index (χ2n) is 5.12. The summed E-state index contributed by atoms with van der Waals surface area (Å²) in [5, 5.41) is 12.2. The molecule has 18 heavy (non-hydrogen) atoms. The Labute approximate surface area is 106 Å². The minimum Gasteiger partial charge on any atom is -0.475 e. The normalized spacial score (nSPS) is 21.4. The molecule has 0 radical (unpaired) electrons. The lowest BCUT2D eigenvalue weighted by Gasteiger charge is -2.34. The van der Waals surface area contributed by atoms with Gasteiger partial charge in [0.1, 0.15) is 0 Å². The van der Waals surface area contributed by atoms with Gasteiger partial charge >= 0.3 is 5.97 Å². The summed E-state index contributed by atoms with van der Waals surface area (Å²) in [5.41, 5.74) is 0. The quantitative estimate of drug-likeness (QED) is 0.874. The van der Waals surface area contributed by atoms with Crippen molar-refractivity contribution in [3.8, 4) is 0 Å². The van der Waals surface area contributed by atoms with Gasteiger partial charge in [0.15, 0.2) is 0 Å². The molecule has 1 N–H and O–H groups in total. The van der Waals surface area contributed by atoms with Crippen LogP contribution in [0.4, 0.5) is 0 Å². The number of hydrogen-bond donors (Lipinski definition) is 1. The van der Waals surface area contributed by atoms with Crippen LogP contribution in [0.3, 0.4) is 0 Å². The van der Waals surface area contributed by atoms with Crippen LogP contribution in [-0.4, -0.2) is 45.2 Å². The summed E-state index contributed by atoms with van der Waals surface area (Å²) in [5.74, 6) is -0.481. The third-order valence-corrected chi connectivity index (χ3v) is 3.40. The van der Waals surface area contributed by atoms with Crippen molar-refractivity contribution in [3.05, 3.63) is 11.7 Å². The smallest absolute Gasteiger partial charge is 0.377 e. The molecule has 1 aromatic heterocycles. The second-order valence-corrected chi connectivity index (χ2v) is 5.12. The Morgan fingerprint density at radius 1 is 1.61 bits per heavy atom. The predicted octanol–water partition coefficient (Wildman–Crippen LogP) is 1.43. The van der Waals surface area contributed by atoms with E-state index in [-0.39, 0.29) is 5.82 Å². The zero-order valence-corrected chi connectivity index (χ0v) is 10.8. The van der Waals surface area contributed by atoms with Crippen LogP contribution in [0.2, 0.25) is 0 Å². The van der Waals surface area contributed by atoms with Crippen LogP contribution in [0.25, 0.3) is 0 Å². The third-order valence-electron chi connectivity index (χ3n) is 3.40. The van der Waals surface area contributed by atoms with Crippen LogP contribution in [-0.2, 0) is 6.42 Å². The van der Waals surface area contributed by atoms with Crippen LogP contribution in [0.1, 0.15) is 43.2 Å². The fraction of sp³-hybridized carbons (Fsp3) is 0.750. The van der Waals surface area contributed by atoms with Crippen molar-refractivity contribution in [2.24, 2.45) is 5.92 Å². The van der Waals surface area contributed by atoms with Crippen molar-refractivity contribution >= 4 is 5.97 Å². The van der Waals surface area contributed by atoms with E-state index in [1.54, 1.807) is 0 Å². The van der Waals surface area contributed by atoms with Crippen LogP contribution in [0.5, 0.6) is 0 Å². The van der Waals surface area contributed by atoms with Gasteiger partial charge in [-0.25, -0.2) is 4.79 Å². The Balaban J connectivity index is 1.94. The van der Waals surface area contributed by atoms with Crippen molar-refractivity contribution < 1.29 is 14.4 Å². The highest BCUT2D eigenvalue weighted by atomic mass is 16.5. The van der Waals surface area contributed by atoms with E-state index in [2.05, 4.69) is 28.9 Å². The van der Waals surface area contributed by atoms with Crippen LogP contribution < -0.4 is 0 Å². The lowest BCUT2D eigenvalue weighted by molar-refractivity contribution is 0.0680. The Morgan fingerprint density at radius 3 is 3.00 bits per heavy atom. The SMILES string of the molecule is CC(C)N1CCCC(Cc2nc(C(=O)O)no2)C1. The molecule has 0 aliphatic carbocycles. The molecule has 0 spiro atoms. The number of carbonyl (C=O) groups is 1. The number of aromatic carboxylic acids is 1. The van der Waals surface area contributed by atoms with Crippen molar-refractivity contribution in [2.45, 2.75) is 39.2 Å². The van der Waals surface area contributed by atoms with Gasteiger partial charge in [-0.1, -0.05) is 0 Å². The standard InChI is InChI=1S/C12H19N3O3/c1-8(2)15-5-3-4-9(7-15)6-10-13-11(12(16)17)14-18-10/h8-9H,3-7H2,1-2H3,(H,16,17). The molecular weight excluding hydrogens is 234 g/mol. The summed E-state index contributed by atoms with van der Waals surface area (Å²) in [4.78, 5) is 17.0. The predicted molar refractivity (Wildman–Crippen MR) is 64.4 cm³/mol. The van der Waals surface area contributed by atoms with Gasteiger partial charge in [-0.05, 0) is 44.3 Å². The highest BCUT2D eigenvalue weighted by Crippen LogP contribution is 2.21. The zero-order valence-electron chi connectivity index (χ0n) is 10.8. The summed E-state index contributed by atoms with van der Waals surface area (Å²) >= 11 is 0. The largest absolute Gasteiger partial charge is 0.475 e. The molecule has 1 aliphatic heterocycles. The topological polar surface area (TPSA) is 79.5 Å². The molecule has 0 amide bonds. The summed E-state index contributed by atoms with van der Waals surface area (Å²) in [7, 11) is 0. The van der Waals surface area contributed by atoms with E-state index in [4.69, 9.17) is 9.63 Å². The first kappa shape index (κ1) is 13.0. The van der Waals surface area contributed by atoms with E-state index < -0.39 is 5.97 Å². The van der Waals surface area contributed by atoms with Crippen LogP contribution >= 0.6 is 0 Å². The van der Waals surface area contributed by atoms with Gasteiger partial charge in [0.05, 0.1) is 0 Å². The number of aromatic nitrogens is 2. The number of carboxylic acid groups (broad SMARTS) is 1. The third kappa shape index (κ3) is 3.07. The van der Waals surface area contributed by atoms with Gasteiger partial charge in [0.25, 0.3) is 5.82 Å². The molecule has 1 fully saturated rings. The number of carboxylic acids is 1. The maximum absolute atomic E-state index is 10.7. The monoisotopic (exact) mass is 253 g/mol. The van der Waals surface area contributed by atoms with E-state index >= 15 is 0 Å². The summed E-state index contributed by atoms with van der Waals surface area (Å²) in [6.07, 6.45) is 2.97. The molecule has 100 valence electrons. The van der Waals surface area contributed by atoms with E-state index in [0.717, 1.165) is 19.5 Å². The second kappa shape index (κ2) is 5.48. The van der Waals surface area contributed by atoms with E-state index in [0.29, 0.717) is 24.3 Å². The fourth-order valence-corrected chi connectivity index (χ4v) is 2.40. The molecule has 1 unspecified atom stereocenters. The molecule has 0 bridgehead atoms. The number of nitrogens with zero attached hydrogens (tertiary/aromatic N) is 3. The molecule has 1 atom stereocenters. The molecule has 6 nitrogen and oxygen atoms in total. The Bertz CT molecular complexity index is 416. The molecule has 1 aliphatic rings. The van der Waals surface area contributed by atoms with E-state index in [1.165, 1.54) is 6.42 Å². The number of rotatable bonds is 4. The van der Waals surface area contributed by atoms with Gasteiger partial charge < -0.3 is 14.5 Å². The van der Waals surface area contributed by atoms with Gasteiger partial charge in [0, 0.05) is 19.0 Å². The van der Waals surface area contributed by atoms with Crippen molar-refractivity contribution in [1.29, 1.82) is 0 Å². The molecule has 2 heterocycles. The van der Waals surface area contributed by atoms with Crippen molar-refractivity contribution in [2.75, 3.05) is 13.1 Å². The zero-order chi connectivity index (χ0) is 13.1. The summed E-state index contributed by atoms with van der Waals surface area (Å²) < 4.78 is 4.96. The van der Waals surface area contributed by atoms with Gasteiger partial charge in [0.2, 0.25) is 5.89 Å². The molecule has 2 rings (SSSR count). The molecular formula is C12H19N3O3. The highest BCUT2D eigenvalue weighted by Gasteiger charge is 2.24. The number of likely N-dealkylation sites (tertiary alicyclic amines) is 1. The summed E-state index contributed by atoms with van der Waals surface area (Å²) in [6, 6.07) is 0.546. The lowest BCUT2D eigenvalue weighted by Crippen LogP contribution is -2.40. The molecule has 1 aromatic rings. The average molecular weight is 253 g/mol.